The number of carboxylic acid groups (broad SMARTS) is 1. The maximum absolute atomic E-state index is 12.4. The number of fused-ring (bicyclic) bond motifs is 1. The number of hydrogen-bond acceptors (Lipinski definition) is 4. The lowest BCUT2D eigenvalue weighted by Gasteiger charge is -2.02. The molecule has 0 amide bonds. The molecule has 0 radical (unpaired) electrons. The van der Waals surface area contributed by atoms with Crippen LogP contribution in [0, 0.1) is 0 Å². The highest BCUT2D eigenvalue weighted by molar-refractivity contribution is 9.10. The summed E-state index contributed by atoms with van der Waals surface area (Å²) in [6.07, 6.45) is -0.176. The van der Waals surface area contributed by atoms with E-state index in [0.29, 0.717) is 15.4 Å². The summed E-state index contributed by atoms with van der Waals surface area (Å²) in [4.78, 5) is 37.8. The molecular formula is C15H14BrNO5. The number of carboxylic acids is 1. The summed E-state index contributed by atoms with van der Waals surface area (Å²) in [6.45, 7) is 1.92. The molecule has 0 bridgehead atoms. The van der Waals surface area contributed by atoms with Crippen LogP contribution in [-0.2, 0) is 9.53 Å². The minimum atomic E-state index is -1.22. The summed E-state index contributed by atoms with van der Waals surface area (Å²) in [5, 5.41) is 9.79. The van der Waals surface area contributed by atoms with Crippen LogP contribution < -0.4 is 0 Å². The van der Waals surface area contributed by atoms with Gasteiger partial charge in [-0.1, -0.05) is 12.1 Å². The molecule has 2 rings (SSSR count). The Labute approximate surface area is 134 Å². The molecule has 0 spiro atoms. The minimum absolute atomic E-state index is 0.0770. The predicted octanol–water partition coefficient (Wildman–Crippen LogP) is 3.15. The van der Waals surface area contributed by atoms with E-state index in [9.17, 15) is 19.5 Å². The maximum atomic E-state index is 12.4. The van der Waals surface area contributed by atoms with Gasteiger partial charge in [-0.25, -0.2) is 4.79 Å². The van der Waals surface area contributed by atoms with E-state index in [2.05, 4.69) is 20.9 Å². The summed E-state index contributed by atoms with van der Waals surface area (Å²) in [5.41, 5.74) is 0.461. The van der Waals surface area contributed by atoms with Crippen molar-refractivity contribution in [1.82, 2.24) is 4.98 Å². The molecule has 0 fully saturated rings. The number of H-pyrrole nitrogens is 1. The van der Waals surface area contributed by atoms with Gasteiger partial charge < -0.3 is 14.8 Å². The Morgan fingerprint density at radius 2 is 2.00 bits per heavy atom. The molecule has 0 saturated carbocycles. The van der Waals surface area contributed by atoms with Crippen LogP contribution in [0.3, 0.4) is 0 Å². The van der Waals surface area contributed by atoms with E-state index in [-0.39, 0.29) is 30.7 Å². The number of ether oxygens (including phenoxy) is 1. The van der Waals surface area contributed by atoms with Crippen LogP contribution in [0.4, 0.5) is 0 Å². The summed E-state index contributed by atoms with van der Waals surface area (Å²) in [7, 11) is 0. The Kier molecular flexibility index (Phi) is 4.97. The van der Waals surface area contributed by atoms with Gasteiger partial charge in [-0.3, -0.25) is 9.59 Å². The fourth-order valence-corrected chi connectivity index (χ4v) is 2.67. The van der Waals surface area contributed by atoms with Crippen molar-refractivity contribution in [3.8, 4) is 0 Å². The van der Waals surface area contributed by atoms with Crippen LogP contribution in [0.5, 0.6) is 0 Å². The number of benzene rings is 1. The first-order chi connectivity index (χ1) is 10.5. The number of aromatic amines is 1. The van der Waals surface area contributed by atoms with Crippen molar-refractivity contribution in [2.75, 3.05) is 6.61 Å². The molecule has 6 nitrogen and oxygen atoms in total. The van der Waals surface area contributed by atoms with Crippen molar-refractivity contribution >= 4 is 44.6 Å². The maximum Gasteiger partial charge on any atom is 0.353 e. The SMILES string of the molecule is CCOC(=O)CCC(=O)c1c(C(=O)O)[nH]c2c(Br)cccc12. The van der Waals surface area contributed by atoms with Crippen LogP contribution in [0.1, 0.15) is 40.6 Å². The van der Waals surface area contributed by atoms with Crippen molar-refractivity contribution < 1.29 is 24.2 Å². The van der Waals surface area contributed by atoms with Crippen LogP contribution >= 0.6 is 15.9 Å². The molecule has 0 aliphatic carbocycles. The molecule has 22 heavy (non-hydrogen) atoms. The monoisotopic (exact) mass is 367 g/mol. The predicted molar refractivity (Wildman–Crippen MR) is 83.2 cm³/mol. The fraction of sp³-hybridized carbons (Fsp3) is 0.267. The number of aromatic carboxylic acids is 1. The summed E-state index contributed by atoms with van der Waals surface area (Å²) in [6, 6.07) is 5.13. The first kappa shape index (κ1) is 16.2. The quantitative estimate of drug-likeness (QED) is 0.603. The van der Waals surface area contributed by atoms with E-state index < -0.39 is 17.7 Å². The molecule has 0 saturated heterocycles. The van der Waals surface area contributed by atoms with Crippen LogP contribution in [0.2, 0.25) is 0 Å². The molecule has 0 unspecified atom stereocenters. The smallest absolute Gasteiger partial charge is 0.353 e. The Balaban J connectivity index is 2.38. The van der Waals surface area contributed by atoms with Gasteiger partial charge in [-0.05, 0) is 28.9 Å². The molecular weight excluding hydrogens is 354 g/mol. The number of carbonyl (C=O) groups is 3. The normalized spacial score (nSPS) is 10.6. The van der Waals surface area contributed by atoms with Crippen LogP contribution in [0.25, 0.3) is 10.9 Å². The first-order valence-electron chi connectivity index (χ1n) is 6.68. The third-order valence-corrected chi connectivity index (χ3v) is 3.80. The van der Waals surface area contributed by atoms with Gasteiger partial charge in [0.15, 0.2) is 5.78 Å². The van der Waals surface area contributed by atoms with Crippen molar-refractivity contribution in [3.63, 3.8) is 0 Å². The van der Waals surface area contributed by atoms with Gasteiger partial charge in [0.2, 0.25) is 0 Å². The van der Waals surface area contributed by atoms with Crippen LogP contribution in [-0.4, -0.2) is 34.4 Å². The highest BCUT2D eigenvalue weighted by Gasteiger charge is 2.24. The van der Waals surface area contributed by atoms with E-state index in [1.165, 1.54) is 0 Å². The molecule has 7 heteroatoms. The number of carbonyl (C=O) groups excluding carboxylic acids is 2. The zero-order valence-electron chi connectivity index (χ0n) is 11.8. The molecule has 0 aliphatic heterocycles. The van der Waals surface area contributed by atoms with Gasteiger partial charge in [0.05, 0.1) is 24.1 Å². The second kappa shape index (κ2) is 6.74. The fourth-order valence-electron chi connectivity index (χ4n) is 2.21. The molecule has 1 aromatic heterocycles. The average molecular weight is 368 g/mol. The number of rotatable bonds is 6. The largest absolute Gasteiger partial charge is 0.477 e. The molecule has 2 aromatic rings. The van der Waals surface area contributed by atoms with Gasteiger partial charge in [0.1, 0.15) is 5.69 Å². The molecule has 0 atom stereocenters. The van der Waals surface area contributed by atoms with Crippen molar-refractivity contribution in [1.29, 1.82) is 0 Å². The second-order valence-corrected chi connectivity index (χ2v) is 5.43. The number of ketones is 1. The van der Waals surface area contributed by atoms with Gasteiger partial charge in [0, 0.05) is 16.3 Å². The lowest BCUT2D eigenvalue weighted by Crippen LogP contribution is -2.11. The molecule has 1 heterocycles. The summed E-state index contributed by atoms with van der Waals surface area (Å²) < 4.78 is 5.43. The Morgan fingerprint density at radius 3 is 2.64 bits per heavy atom. The highest BCUT2D eigenvalue weighted by atomic mass is 79.9. The number of para-hydroxylation sites is 1. The number of halogens is 1. The average Bonchev–Trinajstić information content (AvgIpc) is 2.86. The Hall–Kier alpha value is -2.15. The molecule has 116 valence electrons. The third kappa shape index (κ3) is 3.19. The van der Waals surface area contributed by atoms with Gasteiger partial charge >= 0.3 is 11.9 Å². The standard InChI is InChI=1S/C15H14BrNO5/c1-2-22-11(19)7-6-10(18)12-8-4-3-5-9(16)13(8)17-14(12)15(20)21/h3-5,17H,2,6-7H2,1H3,(H,20,21). The van der Waals surface area contributed by atoms with E-state index >= 15 is 0 Å². The number of Topliss-reactive ketones (excluding diaryl/α,β-unsaturated/α-hetero) is 1. The topological polar surface area (TPSA) is 96.5 Å². The van der Waals surface area contributed by atoms with Crippen molar-refractivity contribution in [3.05, 3.63) is 33.9 Å². The van der Waals surface area contributed by atoms with E-state index in [4.69, 9.17) is 4.74 Å². The number of nitrogens with one attached hydrogen (secondary N) is 1. The lowest BCUT2D eigenvalue weighted by molar-refractivity contribution is -0.143. The van der Waals surface area contributed by atoms with Crippen LogP contribution in [0.15, 0.2) is 22.7 Å². The Morgan fingerprint density at radius 1 is 1.27 bits per heavy atom. The number of hydrogen-bond donors (Lipinski definition) is 2. The van der Waals surface area contributed by atoms with Gasteiger partial charge in [-0.15, -0.1) is 0 Å². The number of aromatic nitrogens is 1. The summed E-state index contributed by atoms with van der Waals surface area (Å²) in [5.74, 6) is -2.11. The molecule has 2 N–H and O–H groups in total. The van der Waals surface area contributed by atoms with E-state index in [0.717, 1.165) is 0 Å². The molecule has 0 aliphatic rings. The molecule has 1 aromatic carbocycles. The zero-order chi connectivity index (χ0) is 16.3. The second-order valence-electron chi connectivity index (χ2n) is 4.57. The van der Waals surface area contributed by atoms with Gasteiger partial charge in [-0.2, -0.15) is 0 Å². The zero-order valence-corrected chi connectivity index (χ0v) is 13.4. The highest BCUT2D eigenvalue weighted by Crippen LogP contribution is 2.29. The van der Waals surface area contributed by atoms with E-state index in [1.54, 1.807) is 25.1 Å². The minimum Gasteiger partial charge on any atom is -0.477 e. The lowest BCUT2D eigenvalue weighted by atomic mass is 10.0. The number of esters is 1. The first-order valence-corrected chi connectivity index (χ1v) is 7.47. The Bertz CT molecular complexity index is 750. The van der Waals surface area contributed by atoms with Crippen molar-refractivity contribution in [2.24, 2.45) is 0 Å². The van der Waals surface area contributed by atoms with E-state index in [1.807, 2.05) is 0 Å². The van der Waals surface area contributed by atoms with Crippen molar-refractivity contribution in [2.45, 2.75) is 19.8 Å². The van der Waals surface area contributed by atoms with Gasteiger partial charge in [0.25, 0.3) is 0 Å². The third-order valence-electron chi connectivity index (χ3n) is 3.14. The summed E-state index contributed by atoms with van der Waals surface area (Å²) >= 11 is 3.32.